The van der Waals surface area contributed by atoms with Crippen molar-refractivity contribution in [1.29, 1.82) is 0 Å². The van der Waals surface area contributed by atoms with Gasteiger partial charge in [0, 0.05) is 17.4 Å². The van der Waals surface area contributed by atoms with Crippen molar-refractivity contribution in [3.63, 3.8) is 0 Å². The summed E-state index contributed by atoms with van der Waals surface area (Å²) < 4.78 is 5.07. The molecule has 0 aliphatic heterocycles. The first-order chi connectivity index (χ1) is 11.3. The van der Waals surface area contributed by atoms with Crippen LogP contribution in [0.2, 0.25) is 0 Å². The molecule has 0 aliphatic rings. The molecule has 1 aromatic carbocycles. The average Bonchev–Trinajstić information content (AvgIpc) is 2.55. The lowest BCUT2D eigenvalue weighted by atomic mass is 10.1. The second-order valence-electron chi connectivity index (χ2n) is 5.77. The van der Waals surface area contributed by atoms with Gasteiger partial charge in [-0.15, -0.1) is 0 Å². The van der Waals surface area contributed by atoms with Crippen molar-refractivity contribution >= 4 is 36.0 Å². The Morgan fingerprint density at radius 1 is 1.29 bits per heavy atom. The monoisotopic (exact) mass is 388 g/mol. The molecule has 0 aliphatic carbocycles. The normalized spacial score (nSPS) is 14.8. The maximum absolute atomic E-state index is 12.1. The molecule has 0 saturated carbocycles. The third kappa shape index (κ3) is 9.19. The fourth-order valence-corrected chi connectivity index (χ4v) is 3.27. The number of hydrogen-bond acceptors (Lipinski definition) is 5. The highest BCUT2D eigenvalue weighted by Crippen LogP contribution is 2.31. The molecule has 7 heteroatoms. The van der Waals surface area contributed by atoms with Crippen LogP contribution in [-0.4, -0.2) is 32.0 Å². The molecule has 0 radical (unpaired) electrons. The van der Waals surface area contributed by atoms with E-state index >= 15 is 0 Å². The Morgan fingerprint density at radius 3 is 2.50 bits per heavy atom. The first-order valence-corrected chi connectivity index (χ1v) is 12.5. The van der Waals surface area contributed by atoms with Gasteiger partial charge in [-0.05, 0) is 56.9 Å². The summed E-state index contributed by atoms with van der Waals surface area (Å²) in [6.07, 6.45) is 5.82. The zero-order chi connectivity index (χ0) is 18.0. The highest BCUT2D eigenvalue weighted by atomic mass is 32.5. The molecule has 24 heavy (non-hydrogen) atoms. The van der Waals surface area contributed by atoms with E-state index < -0.39 is 6.49 Å². The molecule has 1 aromatic rings. The molecule has 0 bridgehead atoms. The largest absolute Gasteiger partial charge is 0.801 e. The minimum absolute atomic E-state index is 0.0280. The Morgan fingerprint density at radius 2 is 1.92 bits per heavy atom. The van der Waals surface area contributed by atoms with Crippen molar-refractivity contribution in [2.45, 2.75) is 37.9 Å². The maximum atomic E-state index is 12.1. The second-order valence-corrected chi connectivity index (χ2v) is 10.7. The maximum Gasteiger partial charge on any atom is 0.251 e. The van der Waals surface area contributed by atoms with Gasteiger partial charge in [0.1, 0.15) is 0 Å². The Hall–Kier alpha value is -0.390. The molecule has 0 saturated heterocycles. The molecule has 2 atom stereocenters. The molecule has 0 heterocycles. The molecule has 136 valence electrons. The third-order valence-corrected chi connectivity index (χ3v) is 5.63. The predicted octanol–water partition coefficient (Wildman–Crippen LogP) is 3.72. The molecule has 4 nitrogen and oxygen atoms in total. The van der Waals surface area contributed by atoms with Crippen LogP contribution in [0.1, 0.15) is 53.8 Å². The van der Waals surface area contributed by atoms with Gasteiger partial charge in [-0.25, -0.2) is 0 Å². The summed E-state index contributed by atoms with van der Waals surface area (Å²) in [6.45, 7) is 1.95. The molecule has 1 rings (SSSR count). The topological polar surface area (TPSA) is 61.4 Å². The van der Waals surface area contributed by atoms with E-state index in [2.05, 4.69) is 18.5 Å². The zero-order valence-electron chi connectivity index (χ0n) is 14.6. The van der Waals surface area contributed by atoms with E-state index in [1.165, 1.54) is 12.2 Å². The fourth-order valence-electron chi connectivity index (χ4n) is 2.16. The molecule has 1 amide bonds. The SMILES string of the molecule is CSC(C)c1ccc(C(=O)NCCCCCCOP(C)([O-])=S)cc1. The zero-order valence-corrected chi connectivity index (χ0v) is 17.1. The van der Waals surface area contributed by atoms with E-state index in [0.29, 0.717) is 24.0 Å². The summed E-state index contributed by atoms with van der Waals surface area (Å²) in [5.41, 5.74) is 1.93. The quantitative estimate of drug-likeness (QED) is 0.462. The van der Waals surface area contributed by atoms with Gasteiger partial charge in [0.2, 0.25) is 0 Å². The fraction of sp³-hybridized carbons (Fsp3) is 0.588. The molecule has 1 N–H and O–H groups in total. The number of rotatable bonds is 11. The summed E-state index contributed by atoms with van der Waals surface area (Å²) in [7, 11) is 0. The van der Waals surface area contributed by atoms with Crippen molar-refractivity contribution < 1.29 is 14.2 Å². The van der Waals surface area contributed by atoms with Crippen LogP contribution in [-0.2, 0) is 16.3 Å². The van der Waals surface area contributed by atoms with Gasteiger partial charge in [-0.2, -0.15) is 11.8 Å². The first-order valence-electron chi connectivity index (χ1n) is 8.17. The van der Waals surface area contributed by atoms with E-state index in [-0.39, 0.29) is 5.91 Å². The minimum atomic E-state index is -2.76. The lowest BCUT2D eigenvalue weighted by Crippen LogP contribution is -2.24. The Balaban J connectivity index is 2.17. The van der Waals surface area contributed by atoms with Gasteiger partial charge >= 0.3 is 0 Å². The van der Waals surface area contributed by atoms with Gasteiger partial charge in [-0.1, -0.05) is 36.8 Å². The van der Waals surface area contributed by atoms with Crippen LogP contribution in [0.4, 0.5) is 0 Å². The van der Waals surface area contributed by atoms with Crippen molar-refractivity contribution in [1.82, 2.24) is 5.32 Å². The van der Waals surface area contributed by atoms with Crippen molar-refractivity contribution in [3.05, 3.63) is 35.4 Å². The highest BCUT2D eigenvalue weighted by molar-refractivity contribution is 8.08. The predicted molar refractivity (Wildman–Crippen MR) is 105 cm³/mol. The third-order valence-electron chi connectivity index (χ3n) is 3.68. The lowest BCUT2D eigenvalue weighted by molar-refractivity contribution is -0.180. The number of unbranched alkanes of at least 4 members (excludes halogenated alkanes) is 3. The molecule has 0 aromatic heterocycles. The minimum Gasteiger partial charge on any atom is -0.801 e. The summed E-state index contributed by atoms with van der Waals surface area (Å²) in [4.78, 5) is 23.2. The van der Waals surface area contributed by atoms with Crippen LogP contribution < -0.4 is 10.2 Å². The van der Waals surface area contributed by atoms with Crippen LogP contribution in [0.15, 0.2) is 24.3 Å². The summed E-state index contributed by atoms with van der Waals surface area (Å²) >= 11 is 6.48. The number of thioether (sulfide) groups is 1. The number of amides is 1. The van der Waals surface area contributed by atoms with Gasteiger partial charge in [0.25, 0.3) is 5.91 Å². The lowest BCUT2D eigenvalue weighted by Gasteiger charge is -2.22. The summed E-state index contributed by atoms with van der Waals surface area (Å²) in [5.74, 6) is -0.0280. The summed E-state index contributed by atoms with van der Waals surface area (Å²) in [5, 5.41) is 3.38. The Bertz CT molecular complexity index is 545. The molecular formula is C17H27NO3PS2-. The number of nitrogens with one attached hydrogen (secondary N) is 1. The van der Waals surface area contributed by atoms with E-state index in [9.17, 15) is 9.69 Å². The first kappa shape index (κ1) is 21.7. The van der Waals surface area contributed by atoms with Gasteiger partial charge in [-0.3, -0.25) is 4.79 Å². The smallest absolute Gasteiger partial charge is 0.251 e. The van der Waals surface area contributed by atoms with Crippen LogP contribution in [0.25, 0.3) is 0 Å². The van der Waals surface area contributed by atoms with Crippen molar-refractivity contribution in [2.75, 3.05) is 26.1 Å². The van der Waals surface area contributed by atoms with Crippen molar-refractivity contribution in [3.8, 4) is 0 Å². The number of carbonyl (C=O) groups excluding carboxylic acids is 1. The van der Waals surface area contributed by atoms with Crippen LogP contribution in [0.3, 0.4) is 0 Å². The molecule has 0 spiro atoms. The summed E-state index contributed by atoms with van der Waals surface area (Å²) in [6, 6.07) is 7.79. The highest BCUT2D eigenvalue weighted by Gasteiger charge is 2.07. The number of hydrogen-bond donors (Lipinski definition) is 1. The van der Waals surface area contributed by atoms with Crippen molar-refractivity contribution in [2.24, 2.45) is 0 Å². The van der Waals surface area contributed by atoms with Gasteiger partial charge in [0.05, 0.1) is 6.61 Å². The number of benzene rings is 1. The Labute approximate surface area is 154 Å². The standard InChI is InChI=1S/C17H28NO3PS2/c1-14(24-3)15-8-10-16(11-9-15)17(19)18-12-6-4-5-7-13-21-22(2,20)23/h8-11,14H,4-7,12-13H2,1-3H3,(H,18,19)(H,20,23)/p-1. The van der Waals surface area contributed by atoms with Crippen LogP contribution >= 0.6 is 18.3 Å². The van der Waals surface area contributed by atoms with E-state index in [1.54, 1.807) is 11.8 Å². The number of carbonyl (C=O) groups is 1. The van der Waals surface area contributed by atoms with E-state index in [0.717, 1.165) is 25.7 Å². The molecule has 2 unspecified atom stereocenters. The van der Waals surface area contributed by atoms with Gasteiger partial charge < -0.3 is 14.7 Å². The van der Waals surface area contributed by atoms with Crippen LogP contribution in [0, 0.1) is 0 Å². The van der Waals surface area contributed by atoms with Gasteiger partial charge in [0.15, 0.2) is 0 Å². The van der Waals surface area contributed by atoms with Crippen LogP contribution in [0.5, 0.6) is 0 Å². The van der Waals surface area contributed by atoms with E-state index in [4.69, 9.17) is 16.3 Å². The second kappa shape index (κ2) is 11.3. The average molecular weight is 389 g/mol. The Kier molecular flexibility index (Phi) is 10.2. The van der Waals surface area contributed by atoms with E-state index in [1.807, 2.05) is 24.3 Å². The molecular weight excluding hydrogens is 361 g/mol. The molecule has 0 fully saturated rings.